The van der Waals surface area contributed by atoms with Crippen LogP contribution in [-0.4, -0.2) is 34.6 Å². The summed E-state index contributed by atoms with van der Waals surface area (Å²) in [5.41, 5.74) is 6.02. The van der Waals surface area contributed by atoms with E-state index in [2.05, 4.69) is 4.90 Å². The van der Waals surface area contributed by atoms with Crippen LogP contribution in [0.15, 0.2) is 30.3 Å². The van der Waals surface area contributed by atoms with Crippen molar-refractivity contribution in [3.05, 3.63) is 35.9 Å². The van der Waals surface area contributed by atoms with E-state index in [1.807, 2.05) is 30.3 Å². The fraction of sp³-hybridized carbons (Fsp3) is 0.462. The molecule has 0 aromatic heterocycles. The summed E-state index contributed by atoms with van der Waals surface area (Å²) in [4.78, 5) is 13.2. The Hall–Kier alpha value is -1.10. The zero-order chi connectivity index (χ0) is 12.3. The summed E-state index contributed by atoms with van der Waals surface area (Å²) in [7, 11) is 0. The van der Waals surface area contributed by atoms with Crippen molar-refractivity contribution in [1.82, 2.24) is 4.90 Å². The fourth-order valence-corrected chi connectivity index (χ4v) is 2.33. The molecule has 0 spiro atoms. The van der Waals surface area contributed by atoms with Crippen molar-refractivity contribution in [2.24, 2.45) is 5.73 Å². The van der Waals surface area contributed by atoms with Crippen LogP contribution in [-0.2, 0) is 11.3 Å². The van der Waals surface area contributed by atoms with Gasteiger partial charge < -0.3 is 10.8 Å². The molecule has 5 heteroatoms. The van der Waals surface area contributed by atoms with Crippen LogP contribution in [0.5, 0.6) is 0 Å². The van der Waals surface area contributed by atoms with Crippen LogP contribution < -0.4 is 5.73 Å². The number of likely N-dealkylation sites (tertiary alicyclic amines) is 1. The quantitative estimate of drug-likeness (QED) is 0.873. The van der Waals surface area contributed by atoms with Gasteiger partial charge in [-0.3, -0.25) is 9.69 Å². The lowest BCUT2D eigenvalue weighted by molar-refractivity contribution is -0.145. The fourth-order valence-electron chi connectivity index (χ4n) is 2.33. The molecular formula is C13H19ClN2O2. The highest BCUT2D eigenvalue weighted by atomic mass is 35.5. The van der Waals surface area contributed by atoms with Crippen LogP contribution in [0.2, 0.25) is 0 Å². The lowest BCUT2D eigenvalue weighted by Crippen LogP contribution is -2.59. The monoisotopic (exact) mass is 270 g/mol. The molecule has 1 fully saturated rings. The lowest BCUT2D eigenvalue weighted by Gasteiger charge is -2.37. The molecule has 0 bridgehead atoms. The van der Waals surface area contributed by atoms with Gasteiger partial charge in [0, 0.05) is 13.1 Å². The van der Waals surface area contributed by atoms with Gasteiger partial charge in [0.1, 0.15) is 5.54 Å². The van der Waals surface area contributed by atoms with Crippen LogP contribution in [0.3, 0.4) is 0 Å². The van der Waals surface area contributed by atoms with E-state index in [4.69, 9.17) is 10.8 Å². The van der Waals surface area contributed by atoms with Crippen molar-refractivity contribution < 1.29 is 9.90 Å². The normalized spacial score (nSPS) is 24.3. The number of benzene rings is 1. The molecule has 1 heterocycles. The minimum atomic E-state index is -1.08. The van der Waals surface area contributed by atoms with E-state index >= 15 is 0 Å². The van der Waals surface area contributed by atoms with Crippen molar-refractivity contribution in [1.29, 1.82) is 0 Å². The second kappa shape index (κ2) is 6.18. The second-order valence-corrected chi connectivity index (χ2v) is 4.76. The number of hydrogen-bond acceptors (Lipinski definition) is 3. The van der Waals surface area contributed by atoms with Gasteiger partial charge >= 0.3 is 5.97 Å². The van der Waals surface area contributed by atoms with Crippen molar-refractivity contribution in [2.45, 2.75) is 24.9 Å². The summed E-state index contributed by atoms with van der Waals surface area (Å²) < 4.78 is 0. The first-order valence-electron chi connectivity index (χ1n) is 5.89. The lowest BCUT2D eigenvalue weighted by atomic mass is 9.90. The maximum Gasteiger partial charge on any atom is 0.325 e. The topological polar surface area (TPSA) is 66.6 Å². The molecule has 0 amide bonds. The third-order valence-electron chi connectivity index (χ3n) is 3.28. The molecular weight excluding hydrogens is 252 g/mol. The Morgan fingerprint density at radius 3 is 2.67 bits per heavy atom. The zero-order valence-electron chi connectivity index (χ0n) is 10.2. The standard InChI is InChI=1S/C13H18N2O2.ClH/c14-13(12(16)17)7-4-8-15(10-13)9-11-5-2-1-3-6-11;/h1-3,5-6H,4,7-10,14H2,(H,16,17);1H. The summed E-state index contributed by atoms with van der Waals surface area (Å²) >= 11 is 0. The average Bonchev–Trinajstić information content (AvgIpc) is 2.30. The first-order valence-corrected chi connectivity index (χ1v) is 5.89. The molecule has 4 nitrogen and oxygen atoms in total. The van der Waals surface area contributed by atoms with Crippen LogP contribution in [0.25, 0.3) is 0 Å². The molecule has 1 saturated heterocycles. The molecule has 18 heavy (non-hydrogen) atoms. The van der Waals surface area contributed by atoms with Gasteiger partial charge in [0.25, 0.3) is 0 Å². The first-order chi connectivity index (χ1) is 8.10. The van der Waals surface area contributed by atoms with Gasteiger partial charge in [-0.2, -0.15) is 0 Å². The maximum absolute atomic E-state index is 11.1. The summed E-state index contributed by atoms with van der Waals surface area (Å²) in [6.07, 6.45) is 1.41. The van der Waals surface area contributed by atoms with Crippen LogP contribution in [0, 0.1) is 0 Å². The third kappa shape index (κ3) is 3.45. The second-order valence-electron chi connectivity index (χ2n) is 4.76. The number of nitrogens with two attached hydrogens (primary N) is 1. The average molecular weight is 271 g/mol. The highest BCUT2D eigenvalue weighted by Crippen LogP contribution is 2.20. The minimum absolute atomic E-state index is 0. The van der Waals surface area contributed by atoms with E-state index in [1.165, 1.54) is 5.56 Å². The Balaban J connectivity index is 0.00000162. The highest BCUT2D eigenvalue weighted by Gasteiger charge is 2.38. The Bertz CT molecular complexity index is 399. The van der Waals surface area contributed by atoms with E-state index in [-0.39, 0.29) is 12.4 Å². The molecule has 1 aliphatic rings. The van der Waals surface area contributed by atoms with E-state index in [1.54, 1.807) is 0 Å². The number of carbonyl (C=O) groups is 1. The molecule has 1 unspecified atom stereocenters. The number of aliphatic carboxylic acids is 1. The zero-order valence-corrected chi connectivity index (χ0v) is 11.0. The summed E-state index contributed by atoms with van der Waals surface area (Å²) in [5.74, 6) is -0.893. The van der Waals surface area contributed by atoms with Crippen LogP contribution in [0.4, 0.5) is 0 Å². The van der Waals surface area contributed by atoms with Crippen molar-refractivity contribution in [3.8, 4) is 0 Å². The van der Waals surface area contributed by atoms with Gasteiger partial charge in [-0.05, 0) is 24.9 Å². The molecule has 1 atom stereocenters. The number of carboxylic acids is 1. The number of nitrogens with zero attached hydrogens (tertiary/aromatic N) is 1. The largest absolute Gasteiger partial charge is 0.480 e. The van der Waals surface area contributed by atoms with Gasteiger partial charge in [0.05, 0.1) is 0 Å². The molecule has 0 radical (unpaired) electrons. The molecule has 0 aliphatic carbocycles. The predicted octanol–water partition coefficient (Wildman–Crippen LogP) is 1.49. The smallest absolute Gasteiger partial charge is 0.325 e. The molecule has 1 aromatic carbocycles. The molecule has 1 aliphatic heterocycles. The van der Waals surface area contributed by atoms with Gasteiger partial charge in [-0.15, -0.1) is 12.4 Å². The van der Waals surface area contributed by atoms with E-state index in [0.29, 0.717) is 13.0 Å². The van der Waals surface area contributed by atoms with Gasteiger partial charge in [-0.25, -0.2) is 0 Å². The number of hydrogen-bond donors (Lipinski definition) is 2. The van der Waals surface area contributed by atoms with E-state index < -0.39 is 11.5 Å². The van der Waals surface area contributed by atoms with Crippen molar-refractivity contribution in [2.75, 3.05) is 13.1 Å². The number of halogens is 1. The maximum atomic E-state index is 11.1. The van der Waals surface area contributed by atoms with Gasteiger partial charge in [0.2, 0.25) is 0 Å². The third-order valence-corrected chi connectivity index (χ3v) is 3.28. The molecule has 2 rings (SSSR count). The summed E-state index contributed by atoms with van der Waals surface area (Å²) in [5, 5.41) is 9.13. The van der Waals surface area contributed by atoms with Crippen molar-refractivity contribution >= 4 is 18.4 Å². The Kier molecular flexibility index (Phi) is 5.14. The Morgan fingerprint density at radius 2 is 2.06 bits per heavy atom. The minimum Gasteiger partial charge on any atom is -0.480 e. The SMILES string of the molecule is Cl.NC1(C(=O)O)CCCN(Cc2ccccc2)C1. The summed E-state index contributed by atoms with van der Waals surface area (Å²) in [6.45, 7) is 2.12. The van der Waals surface area contributed by atoms with E-state index in [9.17, 15) is 4.79 Å². The number of rotatable bonds is 3. The van der Waals surface area contributed by atoms with Crippen LogP contribution >= 0.6 is 12.4 Å². The molecule has 3 N–H and O–H groups in total. The molecule has 100 valence electrons. The molecule has 0 saturated carbocycles. The Labute approximate surface area is 113 Å². The molecule has 1 aromatic rings. The predicted molar refractivity (Wildman–Crippen MR) is 72.8 cm³/mol. The Morgan fingerprint density at radius 1 is 1.39 bits per heavy atom. The van der Waals surface area contributed by atoms with Crippen LogP contribution in [0.1, 0.15) is 18.4 Å². The number of piperidine rings is 1. The highest BCUT2D eigenvalue weighted by molar-refractivity contribution is 5.85. The number of carboxylic acid groups (broad SMARTS) is 1. The summed E-state index contributed by atoms with van der Waals surface area (Å²) in [6, 6.07) is 10.1. The van der Waals surface area contributed by atoms with Gasteiger partial charge in [-0.1, -0.05) is 30.3 Å². The van der Waals surface area contributed by atoms with Crippen molar-refractivity contribution in [3.63, 3.8) is 0 Å². The first kappa shape index (κ1) is 15.0. The van der Waals surface area contributed by atoms with Gasteiger partial charge in [0.15, 0.2) is 0 Å². The van der Waals surface area contributed by atoms with E-state index in [0.717, 1.165) is 19.5 Å².